The average molecular weight is 395 g/mol. The van der Waals surface area contributed by atoms with Gasteiger partial charge in [0, 0.05) is 29.8 Å². The van der Waals surface area contributed by atoms with Crippen LogP contribution in [0.1, 0.15) is 39.2 Å². The molecule has 0 bridgehead atoms. The van der Waals surface area contributed by atoms with Gasteiger partial charge >= 0.3 is 5.97 Å². The molecule has 8 nitrogen and oxygen atoms in total. The summed E-state index contributed by atoms with van der Waals surface area (Å²) in [5.41, 5.74) is 1.14. The second kappa shape index (κ2) is 6.90. The van der Waals surface area contributed by atoms with Crippen molar-refractivity contribution in [2.45, 2.75) is 18.4 Å². The summed E-state index contributed by atoms with van der Waals surface area (Å²) >= 11 is 0. The standard InChI is InChI=1S/C21H17NO7/c23-11-7-16(25)13-9-14(19-12(21(27)28)2-1-5-22-19)20(29-18(13)8-11)10-3-4-15(24)17(26)6-10/h1-8,14,20,23-26H,9H2,(H,27,28)/t14-,20+/m1/s1. The highest BCUT2D eigenvalue weighted by molar-refractivity contribution is 5.89. The molecule has 2 aromatic carbocycles. The van der Waals surface area contributed by atoms with Gasteiger partial charge in [-0.05, 0) is 36.2 Å². The molecule has 1 aliphatic rings. The molecule has 2 heterocycles. The van der Waals surface area contributed by atoms with Crippen LogP contribution in [-0.4, -0.2) is 36.5 Å². The van der Waals surface area contributed by atoms with Crippen LogP contribution in [0.2, 0.25) is 0 Å². The second-order valence-electron chi connectivity index (χ2n) is 6.78. The number of fused-ring (bicyclic) bond motifs is 1. The van der Waals surface area contributed by atoms with E-state index in [-0.39, 0.29) is 46.4 Å². The van der Waals surface area contributed by atoms with Crippen LogP contribution in [0, 0.1) is 0 Å². The minimum Gasteiger partial charge on any atom is -0.508 e. The van der Waals surface area contributed by atoms with Crippen molar-refractivity contribution in [3.63, 3.8) is 0 Å². The summed E-state index contributed by atoms with van der Waals surface area (Å²) in [4.78, 5) is 16.0. The van der Waals surface area contributed by atoms with Gasteiger partial charge in [0.2, 0.25) is 0 Å². The van der Waals surface area contributed by atoms with Crippen molar-refractivity contribution < 1.29 is 35.1 Å². The number of pyridine rings is 1. The maximum Gasteiger partial charge on any atom is 0.337 e. The molecule has 0 radical (unpaired) electrons. The molecule has 0 saturated carbocycles. The zero-order valence-electron chi connectivity index (χ0n) is 15.0. The highest BCUT2D eigenvalue weighted by atomic mass is 16.5. The molecule has 0 unspecified atom stereocenters. The highest BCUT2D eigenvalue weighted by Crippen LogP contribution is 2.48. The number of aromatic nitrogens is 1. The third-order valence-electron chi connectivity index (χ3n) is 4.96. The van der Waals surface area contributed by atoms with Crippen molar-refractivity contribution in [1.29, 1.82) is 0 Å². The largest absolute Gasteiger partial charge is 0.508 e. The van der Waals surface area contributed by atoms with E-state index in [0.717, 1.165) is 0 Å². The molecule has 0 spiro atoms. The Bertz CT molecular complexity index is 1110. The fraction of sp³-hybridized carbons (Fsp3) is 0.143. The number of phenolic OH excluding ortho intramolecular Hbond substituents is 4. The number of carboxylic acids is 1. The lowest BCUT2D eigenvalue weighted by Crippen LogP contribution is -2.27. The van der Waals surface area contributed by atoms with Crippen LogP contribution in [0.15, 0.2) is 48.7 Å². The van der Waals surface area contributed by atoms with Gasteiger partial charge in [0.1, 0.15) is 23.4 Å². The molecule has 1 aliphatic heterocycles. The van der Waals surface area contributed by atoms with Crippen LogP contribution in [0.3, 0.4) is 0 Å². The van der Waals surface area contributed by atoms with Crippen molar-refractivity contribution in [2.24, 2.45) is 0 Å². The van der Waals surface area contributed by atoms with Crippen LogP contribution in [0.5, 0.6) is 28.7 Å². The molecule has 0 fully saturated rings. The number of nitrogens with zero attached hydrogens (tertiary/aromatic N) is 1. The quantitative estimate of drug-likeness (QED) is 0.426. The summed E-state index contributed by atoms with van der Waals surface area (Å²) < 4.78 is 6.03. The summed E-state index contributed by atoms with van der Waals surface area (Å²) in [5, 5.41) is 49.2. The Morgan fingerprint density at radius 2 is 1.79 bits per heavy atom. The fourth-order valence-electron chi connectivity index (χ4n) is 3.62. The molecule has 29 heavy (non-hydrogen) atoms. The number of carbonyl (C=O) groups is 1. The van der Waals surface area contributed by atoms with Crippen LogP contribution in [-0.2, 0) is 6.42 Å². The summed E-state index contributed by atoms with van der Waals surface area (Å²) in [7, 11) is 0. The van der Waals surface area contributed by atoms with E-state index in [1.807, 2.05) is 0 Å². The van der Waals surface area contributed by atoms with Crippen molar-refractivity contribution in [3.05, 3.63) is 71.0 Å². The minimum atomic E-state index is -1.15. The van der Waals surface area contributed by atoms with Gasteiger partial charge in [-0.25, -0.2) is 4.79 Å². The molecule has 5 N–H and O–H groups in total. The Balaban J connectivity index is 1.90. The normalized spacial score (nSPS) is 17.9. The van der Waals surface area contributed by atoms with Crippen LogP contribution in [0.4, 0.5) is 0 Å². The molecular formula is C21H17NO7. The Kier molecular flexibility index (Phi) is 4.38. The number of carboxylic acid groups (broad SMARTS) is 1. The maximum absolute atomic E-state index is 11.7. The van der Waals surface area contributed by atoms with E-state index < -0.39 is 18.0 Å². The number of ether oxygens (including phenoxy) is 1. The zero-order chi connectivity index (χ0) is 20.7. The Morgan fingerprint density at radius 3 is 2.52 bits per heavy atom. The fourth-order valence-corrected chi connectivity index (χ4v) is 3.62. The van der Waals surface area contributed by atoms with Gasteiger partial charge in [-0.1, -0.05) is 6.07 Å². The molecule has 4 rings (SSSR count). The van der Waals surface area contributed by atoms with Gasteiger partial charge < -0.3 is 30.3 Å². The van der Waals surface area contributed by atoms with Crippen molar-refractivity contribution in [3.8, 4) is 28.7 Å². The van der Waals surface area contributed by atoms with E-state index in [0.29, 0.717) is 11.1 Å². The number of benzene rings is 2. The third-order valence-corrected chi connectivity index (χ3v) is 4.96. The summed E-state index contributed by atoms with van der Waals surface area (Å²) in [6.45, 7) is 0. The molecule has 148 valence electrons. The van der Waals surface area contributed by atoms with Crippen LogP contribution in [0.25, 0.3) is 0 Å². The van der Waals surface area contributed by atoms with Crippen molar-refractivity contribution in [2.75, 3.05) is 0 Å². The molecule has 8 heteroatoms. The SMILES string of the molecule is O=C(O)c1cccnc1[C@H]1Cc2c(O)cc(O)cc2O[C@H]1c1ccc(O)c(O)c1. The molecule has 0 saturated heterocycles. The monoisotopic (exact) mass is 395 g/mol. The Morgan fingerprint density at radius 1 is 1.00 bits per heavy atom. The van der Waals surface area contributed by atoms with Gasteiger partial charge in [0.15, 0.2) is 11.5 Å². The number of aromatic hydroxyl groups is 4. The predicted molar refractivity (Wildman–Crippen MR) is 101 cm³/mol. The zero-order valence-corrected chi connectivity index (χ0v) is 15.0. The lowest BCUT2D eigenvalue weighted by Gasteiger charge is -2.34. The highest BCUT2D eigenvalue weighted by Gasteiger charge is 2.37. The molecule has 1 aromatic heterocycles. The van der Waals surface area contributed by atoms with E-state index in [1.165, 1.54) is 42.6 Å². The van der Waals surface area contributed by atoms with E-state index in [9.17, 15) is 30.3 Å². The Hall–Kier alpha value is -3.94. The number of phenols is 4. The average Bonchev–Trinajstić information content (AvgIpc) is 2.69. The maximum atomic E-state index is 11.7. The molecule has 0 aliphatic carbocycles. The van der Waals surface area contributed by atoms with Crippen LogP contribution < -0.4 is 4.74 Å². The van der Waals surface area contributed by atoms with E-state index >= 15 is 0 Å². The van der Waals surface area contributed by atoms with Gasteiger partial charge in [0.25, 0.3) is 0 Å². The molecular weight excluding hydrogens is 378 g/mol. The smallest absolute Gasteiger partial charge is 0.337 e. The van der Waals surface area contributed by atoms with E-state index in [1.54, 1.807) is 6.07 Å². The summed E-state index contributed by atoms with van der Waals surface area (Å²) in [6, 6.07) is 9.66. The summed E-state index contributed by atoms with van der Waals surface area (Å²) in [6.07, 6.45) is 0.868. The molecule has 0 amide bonds. The lowest BCUT2D eigenvalue weighted by molar-refractivity contribution is 0.0691. The summed E-state index contributed by atoms with van der Waals surface area (Å²) in [5.74, 6) is -2.55. The third kappa shape index (κ3) is 3.25. The van der Waals surface area contributed by atoms with E-state index in [2.05, 4.69) is 4.98 Å². The van der Waals surface area contributed by atoms with E-state index in [4.69, 9.17) is 4.74 Å². The lowest BCUT2D eigenvalue weighted by atomic mass is 9.82. The number of rotatable bonds is 3. The Labute approximate surface area is 164 Å². The van der Waals surface area contributed by atoms with Crippen LogP contribution >= 0.6 is 0 Å². The predicted octanol–water partition coefficient (Wildman–Crippen LogP) is 3.06. The van der Waals surface area contributed by atoms with Gasteiger partial charge in [-0.3, -0.25) is 4.98 Å². The first-order chi connectivity index (χ1) is 13.8. The topological polar surface area (TPSA) is 140 Å². The second-order valence-corrected chi connectivity index (χ2v) is 6.78. The number of hydrogen-bond donors (Lipinski definition) is 5. The molecule has 3 aromatic rings. The van der Waals surface area contributed by atoms with Gasteiger partial charge in [-0.15, -0.1) is 0 Å². The minimum absolute atomic E-state index is 0.00387. The molecule has 2 atom stereocenters. The first-order valence-electron chi connectivity index (χ1n) is 8.76. The number of aromatic carboxylic acids is 1. The van der Waals surface area contributed by atoms with Crippen molar-refractivity contribution in [1.82, 2.24) is 4.98 Å². The van der Waals surface area contributed by atoms with Crippen molar-refractivity contribution >= 4 is 5.97 Å². The first-order valence-corrected chi connectivity index (χ1v) is 8.76. The van der Waals surface area contributed by atoms with Gasteiger partial charge in [0.05, 0.1) is 11.3 Å². The number of hydrogen-bond acceptors (Lipinski definition) is 7. The first kappa shape index (κ1) is 18.4. The van der Waals surface area contributed by atoms with Gasteiger partial charge in [-0.2, -0.15) is 0 Å².